The molecule has 0 aliphatic carbocycles. The van der Waals surface area contributed by atoms with Gasteiger partial charge in [0.05, 0.1) is 28.6 Å². The first-order valence-corrected chi connectivity index (χ1v) is 11.5. The third-order valence-electron chi connectivity index (χ3n) is 5.95. The van der Waals surface area contributed by atoms with Gasteiger partial charge in [0.1, 0.15) is 11.1 Å². The molecule has 3 aromatic rings. The molecular formula is C26H21N3O4S. The molecule has 3 heterocycles. The van der Waals surface area contributed by atoms with Crippen LogP contribution in [-0.4, -0.2) is 30.1 Å². The first-order valence-electron chi connectivity index (χ1n) is 10.7. The van der Waals surface area contributed by atoms with Gasteiger partial charge in [-0.2, -0.15) is 0 Å². The normalized spacial score (nSPS) is 18.4. The molecule has 7 nitrogen and oxygen atoms in total. The highest BCUT2D eigenvalue weighted by Crippen LogP contribution is 2.34. The van der Waals surface area contributed by atoms with Crippen molar-refractivity contribution < 1.29 is 14.3 Å². The number of rotatable bonds is 4. The second-order valence-corrected chi connectivity index (χ2v) is 8.93. The highest BCUT2D eigenvalue weighted by molar-refractivity contribution is 7.07. The quantitative estimate of drug-likeness (QED) is 0.432. The molecule has 2 aliphatic rings. The molecule has 0 bridgehead atoms. The Balaban J connectivity index is 1.81. The van der Waals surface area contributed by atoms with Gasteiger partial charge in [0.25, 0.3) is 11.5 Å². The summed E-state index contributed by atoms with van der Waals surface area (Å²) in [6, 6.07) is 15.9. The molecule has 0 spiro atoms. The lowest BCUT2D eigenvalue weighted by molar-refractivity contribution is -0.138. The highest BCUT2D eigenvalue weighted by atomic mass is 32.1. The smallest absolute Gasteiger partial charge is 0.338 e. The highest BCUT2D eigenvalue weighted by Gasteiger charge is 2.36. The maximum atomic E-state index is 13.9. The third kappa shape index (κ3) is 3.26. The summed E-state index contributed by atoms with van der Waals surface area (Å²) in [5, 5.41) is 0. The summed E-state index contributed by atoms with van der Waals surface area (Å²) in [6.45, 7) is 5.37. The van der Waals surface area contributed by atoms with E-state index in [0.29, 0.717) is 26.2 Å². The number of anilines is 1. The lowest BCUT2D eigenvalue weighted by Gasteiger charge is -2.24. The Labute approximate surface area is 199 Å². The first kappa shape index (κ1) is 21.8. The number of ether oxygens (including phenoxy) is 1. The van der Waals surface area contributed by atoms with Crippen molar-refractivity contribution in [2.75, 3.05) is 18.6 Å². The summed E-state index contributed by atoms with van der Waals surface area (Å²) < 4.78 is 7.13. The van der Waals surface area contributed by atoms with Crippen LogP contribution in [0.5, 0.6) is 0 Å². The van der Waals surface area contributed by atoms with Crippen LogP contribution in [0.25, 0.3) is 5.57 Å². The van der Waals surface area contributed by atoms with Gasteiger partial charge in [0.2, 0.25) is 0 Å². The lowest BCUT2D eigenvalue weighted by atomic mass is 9.96. The molecule has 2 aliphatic heterocycles. The minimum Gasteiger partial charge on any atom is -0.458 e. The topological polar surface area (TPSA) is 81.0 Å². The number of benzene rings is 2. The third-order valence-corrected chi connectivity index (χ3v) is 7.00. The zero-order chi connectivity index (χ0) is 24.0. The number of esters is 1. The zero-order valence-electron chi connectivity index (χ0n) is 18.6. The van der Waals surface area contributed by atoms with Crippen molar-refractivity contribution in [3.63, 3.8) is 0 Å². The molecule has 0 fully saturated rings. The number of hydrogen-bond acceptors (Lipinski definition) is 6. The fourth-order valence-electron chi connectivity index (χ4n) is 4.39. The van der Waals surface area contributed by atoms with Crippen LogP contribution in [0.15, 0.2) is 88.3 Å². The van der Waals surface area contributed by atoms with Crippen LogP contribution in [0.4, 0.5) is 5.69 Å². The van der Waals surface area contributed by atoms with Gasteiger partial charge in [-0.3, -0.25) is 14.2 Å². The number of nitrogens with zero attached hydrogens (tertiary/aromatic N) is 3. The van der Waals surface area contributed by atoms with Crippen molar-refractivity contribution in [1.29, 1.82) is 0 Å². The minimum atomic E-state index is -0.728. The Kier molecular flexibility index (Phi) is 5.37. The van der Waals surface area contributed by atoms with E-state index in [2.05, 4.69) is 11.6 Å². The summed E-state index contributed by atoms with van der Waals surface area (Å²) in [5.74, 6) is -0.806. The van der Waals surface area contributed by atoms with Gasteiger partial charge in [-0.25, -0.2) is 9.79 Å². The Morgan fingerprint density at radius 3 is 2.59 bits per heavy atom. The molecule has 1 amide bonds. The molecule has 0 saturated heterocycles. The number of hydrogen-bond donors (Lipinski definition) is 0. The lowest BCUT2D eigenvalue weighted by Crippen LogP contribution is -2.40. The summed E-state index contributed by atoms with van der Waals surface area (Å²) in [6.07, 6.45) is 1.49. The van der Waals surface area contributed by atoms with Gasteiger partial charge >= 0.3 is 5.97 Å². The molecule has 0 N–H and O–H groups in total. The first-order chi connectivity index (χ1) is 16.4. The molecule has 1 unspecified atom stereocenters. The number of amides is 1. The van der Waals surface area contributed by atoms with Crippen molar-refractivity contribution in [1.82, 2.24) is 4.57 Å². The predicted molar refractivity (Wildman–Crippen MR) is 130 cm³/mol. The van der Waals surface area contributed by atoms with Crippen LogP contribution in [0.1, 0.15) is 24.1 Å². The van der Waals surface area contributed by atoms with Gasteiger partial charge in [0, 0.05) is 12.6 Å². The summed E-state index contributed by atoms with van der Waals surface area (Å²) in [5.41, 5.74) is 2.94. The molecule has 1 atom stereocenters. The second kappa shape index (κ2) is 8.39. The number of carbonyl (C=O) groups is 2. The van der Waals surface area contributed by atoms with E-state index in [9.17, 15) is 14.4 Å². The Hall–Kier alpha value is -4.04. The van der Waals surface area contributed by atoms with E-state index < -0.39 is 12.0 Å². The van der Waals surface area contributed by atoms with Crippen molar-refractivity contribution in [3.05, 3.63) is 109 Å². The molecule has 1 aromatic heterocycles. The van der Waals surface area contributed by atoms with Gasteiger partial charge in [0.15, 0.2) is 4.80 Å². The maximum Gasteiger partial charge on any atom is 0.338 e. The van der Waals surface area contributed by atoms with Crippen molar-refractivity contribution in [3.8, 4) is 0 Å². The van der Waals surface area contributed by atoms with Crippen LogP contribution in [-0.2, 0) is 14.3 Å². The van der Waals surface area contributed by atoms with Gasteiger partial charge < -0.3 is 9.64 Å². The number of aromatic nitrogens is 1. The van der Waals surface area contributed by atoms with Gasteiger partial charge in [-0.15, -0.1) is 0 Å². The molecule has 34 heavy (non-hydrogen) atoms. The Bertz CT molecular complexity index is 1560. The van der Waals surface area contributed by atoms with E-state index in [-0.39, 0.29) is 23.6 Å². The van der Waals surface area contributed by atoms with E-state index in [0.717, 1.165) is 22.6 Å². The van der Waals surface area contributed by atoms with Crippen molar-refractivity contribution in [2.45, 2.75) is 13.0 Å². The van der Waals surface area contributed by atoms with E-state index in [1.807, 2.05) is 54.6 Å². The van der Waals surface area contributed by atoms with Crippen molar-refractivity contribution >= 4 is 34.5 Å². The molecule has 5 rings (SSSR count). The summed E-state index contributed by atoms with van der Waals surface area (Å²) >= 11 is 1.16. The number of allylic oxidation sites excluding steroid dienone is 1. The number of carbonyl (C=O) groups excluding carboxylic acids is 2. The average Bonchev–Trinajstić information content (AvgIpc) is 3.30. The van der Waals surface area contributed by atoms with E-state index in [1.54, 1.807) is 18.9 Å². The van der Waals surface area contributed by atoms with E-state index >= 15 is 0 Å². The second-order valence-electron chi connectivity index (χ2n) is 7.96. The SMILES string of the molecule is C=CCOC(=O)C1=C(C)N=c2sc(=C3C(=O)N(C)c4ccccc43)c(=O)n2C1c1ccccc1. The maximum absolute atomic E-state index is 13.9. The van der Waals surface area contributed by atoms with Crippen LogP contribution in [0, 0.1) is 0 Å². The zero-order valence-corrected chi connectivity index (χ0v) is 19.5. The van der Waals surface area contributed by atoms with Gasteiger partial charge in [-0.1, -0.05) is 72.5 Å². The molecule has 0 saturated carbocycles. The predicted octanol–water partition coefficient (Wildman–Crippen LogP) is 2.31. The molecule has 0 radical (unpaired) electrons. The van der Waals surface area contributed by atoms with Crippen molar-refractivity contribution in [2.24, 2.45) is 4.99 Å². The molecule has 170 valence electrons. The fourth-order valence-corrected chi connectivity index (χ4v) is 5.52. The molecule has 2 aromatic carbocycles. The monoisotopic (exact) mass is 471 g/mol. The van der Waals surface area contributed by atoms with Crippen LogP contribution >= 0.6 is 11.3 Å². The standard InChI is InChI=1S/C26H21N3O4S/c1-4-14-33-25(32)19-15(2)27-26-29(21(19)16-10-6-5-7-11-16)24(31)22(34-26)20-17-12-8-9-13-18(17)28(3)23(20)30/h4-13,21H,1,14H2,2-3H3. The number of para-hydroxylation sites is 1. The number of fused-ring (bicyclic) bond motifs is 2. The number of thiazole rings is 1. The summed E-state index contributed by atoms with van der Waals surface area (Å²) in [4.78, 5) is 46.6. The fraction of sp³-hybridized carbons (Fsp3) is 0.154. The van der Waals surface area contributed by atoms with Gasteiger partial charge in [-0.05, 0) is 18.6 Å². The largest absolute Gasteiger partial charge is 0.458 e. The molecular weight excluding hydrogens is 450 g/mol. The van der Waals surface area contributed by atoms with E-state index in [4.69, 9.17) is 4.74 Å². The average molecular weight is 472 g/mol. The summed E-state index contributed by atoms with van der Waals surface area (Å²) in [7, 11) is 1.69. The van der Waals surface area contributed by atoms with Crippen LogP contribution < -0.4 is 19.8 Å². The minimum absolute atomic E-state index is 0.0450. The van der Waals surface area contributed by atoms with Crippen LogP contribution in [0.2, 0.25) is 0 Å². The number of likely N-dealkylation sites (N-methyl/N-ethyl adjacent to an activating group) is 1. The van der Waals surface area contributed by atoms with E-state index in [1.165, 1.54) is 10.6 Å². The van der Waals surface area contributed by atoms with Crippen LogP contribution in [0.3, 0.4) is 0 Å². The Morgan fingerprint density at radius 2 is 1.85 bits per heavy atom. The Morgan fingerprint density at radius 1 is 1.15 bits per heavy atom. The molecule has 8 heteroatoms.